The van der Waals surface area contributed by atoms with E-state index in [0.29, 0.717) is 0 Å². The van der Waals surface area contributed by atoms with Crippen LogP contribution in [0.1, 0.15) is 127 Å². The molecule has 0 nitrogen and oxygen atoms in total. The summed E-state index contributed by atoms with van der Waals surface area (Å²) < 4.78 is 1.27. The van der Waals surface area contributed by atoms with Crippen molar-refractivity contribution >= 4 is 27.3 Å². The molecule has 0 aliphatic rings. The number of hydrogen-bond donors (Lipinski definition) is 0. The predicted molar refractivity (Wildman–Crippen MR) is 125 cm³/mol. The lowest BCUT2D eigenvalue weighted by atomic mass is 10.0. The van der Waals surface area contributed by atoms with Gasteiger partial charge in [-0.1, -0.05) is 116 Å². The molecular formula is C24H43BrS. The summed E-state index contributed by atoms with van der Waals surface area (Å²) >= 11 is 5.44. The highest BCUT2D eigenvalue weighted by Crippen LogP contribution is 2.23. The van der Waals surface area contributed by atoms with E-state index >= 15 is 0 Å². The topological polar surface area (TPSA) is 0 Å². The first-order valence-corrected chi connectivity index (χ1v) is 13.2. The van der Waals surface area contributed by atoms with Crippen molar-refractivity contribution in [3.05, 3.63) is 20.8 Å². The Morgan fingerprint density at radius 3 is 1.31 bits per heavy atom. The third kappa shape index (κ3) is 15.3. The molecule has 0 spiro atoms. The van der Waals surface area contributed by atoms with Gasteiger partial charge in [0.15, 0.2) is 0 Å². The molecule has 1 rings (SSSR count). The van der Waals surface area contributed by atoms with Gasteiger partial charge in [-0.15, -0.1) is 11.3 Å². The van der Waals surface area contributed by atoms with Gasteiger partial charge in [-0.25, -0.2) is 0 Å². The van der Waals surface area contributed by atoms with Crippen molar-refractivity contribution in [2.24, 2.45) is 0 Å². The zero-order valence-electron chi connectivity index (χ0n) is 17.4. The van der Waals surface area contributed by atoms with Crippen molar-refractivity contribution in [2.75, 3.05) is 0 Å². The van der Waals surface area contributed by atoms with Crippen LogP contribution in [0.15, 0.2) is 15.9 Å². The van der Waals surface area contributed by atoms with Crippen LogP contribution in [-0.4, -0.2) is 0 Å². The summed E-state index contributed by atoms with van der Waals surface area (Å²) in [7, 11) is 0. The van der Waals surface area contributed by atoms with Crippen LogP contribution in [0.5, 0.6) is 0 Å². The number of rotatable bonds is 19. The highest BCUT2D eigenvalue weighted by atomic mass is 79.9. The van der Waals surface area contributed by atoms with Crippen LogP contribution in [0.25, 0.3) is 0 Å². The van der Waals surface area contributed by atoms with Gasteiger partial charge in [0, 0.05) is 4.88 Å². The van der Waals surface area contributed by atoms with E-state index in [4.69, 9.17) is 0 Å². The molecule has 26 heavy (non-hydrogen) atoms. The first-order valence-electron chi connectivity index (χ1n) is 11.6. The zero-order chi connectivity index (χ0) is 18.7. The maximum Gasteiger partial charge on any atom is 0.0701 e. The molecule has 0 radical (unpaired) electrons. The second-order valence-electron chi connectivity index (χ2n) is 7.97. The summed E-state index contributed by atoms with van der Waals surface area (Å²) in [5.74, 6) is 0. The summed E-state index contributed by atoms with van der Waals surface area (Å²) in [4.78, 5) is 1.54. The van der Waals surface area contributed by atoms with Crippen LogP contribution in [0.3, 0.4) is 0 Å². The van der Waals surface area contributed by atoms with Crippen molar-refractivity contribution in [1.29, 1.82) is 0 Å². The van der Waals surface area contributed by atoms with Crippen LogP contribution in [-0.2, 0) is 6.42 Å². The molecule has 0 atom stereocenters. The fraction of sp³-hybridized carbons (Fsp3) is 0.833. The first kappa shape index (κ1) is 24.2. The van der Waals surface area contributed by atoms with Gasteiger partial charge in [0.2, 0.25) is 0 Å². The molecule has 0 bridgehead atoms. The molecule has 0 amide bonds. The van der Waals surface area contributed by atoms with E-state index in [1.165, 1.54) is 131 Å². The minimum absolute atomic E-state index is 1.27. The first-order chi connectivity index (χ1) is 12.8. The lowest BCUT2D eigenvalue weighted by Crippen LogP contribution is -1.85. The van der Waals surface area contributed by atoms with E-state index < -0.39 is 0 Å². The Kier molecular flexibility index (Phi) is 17.3. The van der Waals surface area contributed by atoms with Gasteiger partial charge in [0.1, 0.15) is 0 Å². The Labute approximate surface area is 176 Å². The SMILES string of the molecule is CCCCCCCCCCCCCCCCCCCCc1ccc(Br)s1. The molecule has 0 aliphatic carbocycles. The van der Waals surface area contributed by atoms with Crippen LogP contribution >= 0.6 is 27.3 Å². The lowest BCUT2D eigenvalue weighted by molar-refractivity contribution is 0.525. The number of halogens is 1. The average Bonchev–Trinajstić information content (AvgIpc) is 3.06. The number of hydrogen-bond acceptors (Lipinski definition) is 1. The maximum absolute atomic E-state index is 3.55. The Morgan fingerprint density at radius 2 is 0.962 bits per heavy atom. The standard InChI is InChI=1S/C24H43BrS/c1-2-3-4-5-6-7-8-9-10-11-12-13-14-15-16-17-18-19-20-23-21-22-24(25)26-23/h21-22H,2-20H2,1H3. The molecule has 0 N–H and O–H groups in total. The molecule has 2 heteroatoms. The predicted octanol–water partition coefficient (Wildman–Crippen LogP) is 10.1. The smallest absolute Gasteiger partial charge is 0.0701 e. The zero-order valence-corrected chi connectivity index (χ0v) is 19.8. The minimum atomic E-state index is 1.27. The normalized spacial score (nSPS) is 11.3. The summed E-state index contributed by atoms with van der Waals surface area (Å²) in [5, 5.41) is 0. The monoisotopic (exact) mass is 442 g/mol. The molecule has 0 aromatic carbocycles. The van der Waals surface area contributed by atoms with Crippen molar-refractivity contribution in [3.8, 4) is 0 Å². The van der Waals surface area contributed by atoms with Gasteiger partial charge >= 0.3 is 0 Å². The Bertz CT molecular complexity index is 399. The van der Waals surface area contributed by atoms with Gasteiger partial charge in [-0.05, 0) is 40.9 Å². The largest absolute Gasteiger partial charge is 0.133 e. The molecular weight excluding hydrogens is 400 g/mol. The van der Waals surface area contributed by atoms with Gasteiger partial charge in [0.05, 0.1) is 3.79 Å². The third-order valence-corrected chi connectivity index (χ3v) is 7.09. The fourth-order valence-corrected chi connectivity index (χ4v) is 5.21. The molecule has 1 aromatic heterocycles. The van der Waals surface area contributed by atoms with Crippen LogP contribution in [0.4, 0.5) is 0 Å². The van der Waals surface area contributed by atoms with Crippen molar-refractivity contribution in [3.63, 3.8) is 0 Å². The minimum Gasteiger partial charge on any atom is -0.133 e. The van der Waals surface area contributed by atoms with E-state index in [9.17, 15) is 0 Å². The average molecular weight is 444 g/mol. The van der Waals surface area contributed by atoms with E-state index in [2.05, 4.69) is 35.0 Å². The summed E-state index contributed by atoms with van der Waals surface area (Å²) in [6, 6.07) is 4.44. The molecule has 1 heterocycles. The van der Waals surface area contributed by atoms with Gasteiger partial charge in [-0.3, -0.25) is 0 Å². The van der Waals surface area contributed by atoms with E-state index in [1.54, 1.807) is 0 Å². The second kappa shape index (κ2) is 18.5. The van der Waals surface area contributed by atoms with Gasteiger partial charge < -0.3 is 0 Å². The molecule has 0 saturated carbocycles. The molecule has 0 fully saturated rings. The van der Waals surface area contributed by atoms with Crippen LogP contribution in [0.2, 0.25) is 0 Å². The van der Waals surface area contributed by atoms with E-state index in [-0.39, 0.29) is 0 Å². The Morgan fingerprint density at radius 1 is 0.577 bits per heavy atom. The van der Waals surface area contributed by atoms with E-state index in [1.807, 2.05) is 11.3 Å². The molecule has 152 valence electrons. The third-order valence-electron chi connectivity index (χ3n) is 5.41. The van der Waals surface area contributed by atoms with Crippen LogP contribution in [0, 0.1) is 0 Å². The van der Waals surface area contributed by atoms with Crippen molar-refractivity contribution < 1.29 is 0 Å². The number of aryl methyl sites for hydroxylation is 1. The van der Waals surface area contributed by atoms with Crippen molar-refractivity contribution in [1.82, 2.24) is 0 Å². The number of unbranched alkanes of at least 4 members (excludes halogenated alkanes) is 17. The van der Waals surface area contributed by atoms with Gasteiger partial charge in [-0.2, -0.15) is 0 Å². The quantitative estimate of drug-likeness (QED) is 0.187. The Hall–Kier alpha value is 0.180. The highest BCUT2D eigenvalue weighted by molar-refractivity contribution is 9.11. The molecule has 0 aliphatic heterocycles. The fourth-order valence-electron chi connectivity index (χ4n) is 3.69. The molecule has 1 aromatic rings. The second-order valence-corrected chi connectivity index (χ2v) is 10.5. The summed E-state index contributed by atoms with van der Waals surface area (Å²) in [6.07, 6.45) is 27.4. The maximum atomic E-state index is 3.55. The molecule has 0 unspecified atom stereocenters. The number of thiophene rings is 1. The van der Waals surface area contributed by atoms with E-state index in [0.717, 1.165) is 0 Å². The Balaban J connectivity index is 1.68. The highest BCUT2D eigenvalue weighted by Gasteiger charge is 1.98. The van der Waals surface area contributed by atoms with Crippen molar-refractivity contribution in [2.45, 2.75) is 129 Å². The summed E-state index contributed by atoms with van der Waals surface area (Å²) in [5.41, 5.74) is 0. The molecule has 0 saturated heterocycles. The lowest BCUT2D eigenvalue weighted by Gasteiger charge is -2.04. The van der Waals surface area contributed by atoms with Crippen LogP contribution < -0.4 is 0 Å². The summed E-state index contributed by atoms with van der Waals surface area (Å²) in [6.45, 7) is 2.30. The van der Waals surface area contributed by atoms with Gasteiger partial charge in [0.25, 0.3) is 0 Å².